The van der Waals surface area contributed by atoms with E-state index in [1.807, 2.05) is 0 Å². The van der Waals surface area contributed by atoms with Crippen molar-refractivity contribution in [3.05, 3.63) is 22.2 Å². The fraction of sp³-hybridized carbons (Fsp3) is 0.583. The first kappa shape index (κ1) is 14.5. The standard InChI is InChI=1S/C12H20N6O2/c1-2-17-4-3-9(8-17)7-14-11-5-10(18(19)20)6-12(15-11)16-13/h5-6,9H,2-4,7-8,13H2,1H3,(H2,14,15,16). The zero-order valence-electron chi connectivity index (χ0n) is 11.5. The Morgan fingerprint density at radius 2 is 2.30 bits per heavy atom. The molecule has 0 aromatic carbocycles. The Hall–Kier alpha value is -1.93. The van der Waals surface area contributed by atoms with Crippen molar-refractivity contribution in [3.63, 3.8) is 0 Å². The first-order valence-corrected chi connectivity index (χ1v) is 6.71. The maximum atomic E-state index is 10.8. The number of aromatic nitrogens is 1. The van der Waals surface area contributed by atoms with Crippen LogP contribution in [0.25, 0.3) is 0 Å². The van der Waals surface area contributed by atoms with Gasteiger partial charge in [0.25, 0.3) is 5.69 Å². The number of anilines is 2. The lowest BCUT2D eigenvalue weighted by Gasteiger charge is -2.14. The van der Waals surface area contributed by atoms with Crippen LogP contribution in [-0.2, 0) is 0 Å². The van der Waals surface area contributed by atoms with Crippen LogP contribution < -0.4 is 16.6 Å². The van der Waals surface area contributed by atoms with Gasteiger partial charge < -0.3 is 15.6 Å². The van der Waals surface area contributed by atoms with Crippen LogP contribution in [0.1, 0.15) is 13.3 Å². The molecule has 1 aromatic rings. The van der Waals surface area contributed by atoms with Crippen molar-refractivity contribution in [2.24, 2.45) is 11.8 Å². The largest absolute Gasteiger partial charge is 0.369 e. The first-order chi connectivity index (χ1) is 9.62. The third kappa shape index (κ3) is 3.55. The molecule has 0 aliphatic carbocycles. The molecule has 0 amide bonds. The number of hydrogen-bond acceptors (Lipinski definition) is 7. The summed E-state index contributed by atoms with van der Waals surface area (Å²) in [5, 5.41) is 14.0. The molecule has 20 heavy (non-hydrogen) atoms. The Morgan fingerprint density at radius 3 is 2.90 bits per heavy atom. The van der Waals surface area contributed by atoms with E-state index >= 15 is 0 Å². The van der Waals surface area contributed by atoms with Crippen LogP contribution in [0.4, 0.5) is 17.3 Å². The van der Waals surface area contributed by atoms with Crippen LogP contribution in [-0.4, -0.2) is 41.0 Å². The lowest BCUT2D eigenvalue weighted by molar-refractivity contribution is -0.384. The number of nitrogens with two attached hydrogens (primary N) is 1. The van der Waals surface area contributed by atoms with Gasteiger partial charge in [0.1, 0.15) is 11.6 Å². The Kier molecular flexibility index (Phi) is 4.70. The molecule has 0 saturated carbocycles. The molecule has 1 aromatic heterocycles. The molecular weight excluding hydrogens is 260 g/mol. The van der Waals surface area contributed by atoms with E-state index in [0.29, 0.717) is 11.7 Å². The first-order valence-electron chi connectivity index (χ1n) is 6.71. The van der Waals surface area contributed by atoms with E-state index in [1.165, 1.54) is 12.1 Å². The number of hydrazine groups is 1. The Morgan fingerprint density at radius 1 is 1.55 bits per heavy atom. The van der Waals surface area contributed by atoms with E-state index in [-0.39, 0.29) is 11.5 Å². The Bertz CT molecular complexity index is 481. The lowest BCUT2D eigenvalue weighted by Crippen LogP contribution is -2.22. The SMILES string of the molecule is CCN1CCC(CNc2cc([N+](=O)[O-])cc(NN)n2)C1. The van der Waals surface area contributed by atoms with Gasteiger partial charge in [0.2, 0.25) is 0 Å². The van der Waals surface area contributed by atoms with E-state index in [0.717, 1.165) is 32.6 Å². The zero-order valence-corrected chi connectivity index (χ0v) is 11.5. The molecule has 1 saturated heterocycles. The monoisotopic (exact) mass is 280 g/mol. The van der Waals surface area contributed by atoms with Gasteiger partial charge in [0.05, 0.1) is 17.1 Å². The summed E-state index contributed by atoms with van der Waals surface area (Å²) in [5.41, 5.74) is 2.31. The van der Waals surface area contributed by atoms with Gasteiger partial charge in [-0.15, -0.1) is 0 Å². The summed E-state index contributed by atoms with van der Waals surface area (Å²) in [7, 11) is 0. The predicted octanol–water partition coefficient (Wildman–Crippen LogP) is 1.03. The summed E-state index contributed by atoms with van der Waals surface area (Å²) in [6, 6.07) is 2.73. The maximum absolute atomic E-state index is 10.8. The minimum Gasteiger partial charge on any atom is -0.369 e. The highest BCUT2D eigenvalue weighted by Crippen LogP contribution is 2.21. The number of hydrogen-bond donors (Lipinski definition) is 3. The molecule has 0 bridgehead atoms. The van der Waals surface area contributed by atoms with Crippen molar-refractivity contribution in [1.82, 2.24) is 9.88 Å². The van der Waals surface area contributed by atoms with E-state index in [9.17, 15) is 10.1 Å². The van der Waals surface area contributed by atoms with Crippen molar-refractivity contribution < 1.29 is 4.92 Å². The number of rotatable bonds is 6. The fourth-order valence-electron chi connectivity index (χ4n) is 2.40. The summed E-state index contributed by atoms with van der Waals surface area (Å²) in [6.45, 7) is 6.14. The number of nitrogens with one attached hydrogen (secondary N) is 2. The molecule has 1 fully saturated rings. The van der Waals surface area contributed by atoms with Crippen LogP contribution in [0.2, 0.25) is 0 Å². The second-order valence-electron chi connectivity index (χ2n) is 4.93. The molecule has 4 N–H and O–H groups in total. The molecule has 0 radical (unpaired) electrons. The minimum absolute atomic E-state index is 0.0305. The highest BCUT2D eigenvalue weighted by molar-refractivity contribution is 5.54. The van der Waals surface area contributed by atoms with Crippen molar-refractivity contribution in [2.75, 3.05) is 36.9 Å². The van der Waals surface area contributed by atoms with Gasteiger partial charge in [-0.2, -0.15) is 0 Å². The van der Waals surface area contributed by atoms with Crippen molar-refractivity contribution >= 4 is 17.3 Å². The molecule has 1 aliphatic rings. The van der Waals surface area contributed by atoms with Gasteiger partial charge in [-0.25, -0.2) is 10.8 Å². The quantitative estimate of drug-likeness (QED) is 0.405. The molecule has 1 unspecified atom stereocenters. The van der Waals surface area contributed by atoms with Crippen molar-refractivity contribution in [2.45, 2.75) is 13.3 Å². The topological polar surface area (TPSA) is 109 Å². The molecule has 1 aliphatic heterocycles. The zero-order chi connectivity index (χ0) is 14.5. The lowest BCUT2D eigenvalue weighted by atomic mass is 10.1. The number of likely N-dealkylation sites (tertiary alicyclic amines) is 1. The van der Waals surface area contributed by atoms with E-state index in [1.54, 1.807) is 0 Å². The second kappa shape index (κ2) is 6.49. The highest BCUT2D eigenvalue weighted by Gasteiger charge is 2.21. The summed E-state index contributed by atoms with van der Waals surface area (Å²) >= 11 is 0. The maximum Gasteiger partial charge on any atom is 0.276 e. The summed E-state index contributed by atoms with van der Waals surface area (Å²) in [5.74, 6) is 6.57. The second-order valence-corrected chi connectivity index (χ2v) is 4.93. The van der Waals surface area contributed by atoms with Crippen LogP contribution >= 0.6 is 0 Å². The summed E-state index contributed by atoms with van der Waals surface area (Å²) in [4.78, 5) is 16.9. The number of nitro groups is 1. The molecule has 8 heteroatoms. The molecule has 8 nitrogen and oxygen atoms in total. The fourth-order valence-corrected chi connectivity index (χ4v) is 2.40. The summed E-state index contributed by atoms with van der Waals surface area (Å²) in [6.07, 6.45) is 1.14. The third-order valence-corrected chi connectivity index (χ3v) is 3.56. The molecule has 0 spiro atoms. The number of pyridine rings is 1. The van der Waals surface area contributed by atoms with E-state index in [4.69, 9.17) is 5.84 Å². The Balaban J connectivity index is 1.98. The molecule has 1 atom stereocenters. The molecule has 110 valence electrons. The summed E-state index contributed by atoms with van der Waals surface area (Å²) < 4.78 is 0. The predicted molar refractivity (Wildman–Crippen MR) is 77.4 cm³/mol. The number of nitrogen functional groups attached to an aromatic ring is 1. The van der Waals surface area contributed by atoms with Crippen LogP contribution in [0.3, 0.4) is 0 Å². The average Bonchev–Trinajstić information content (AvgIpc) is 2.92. The smallest absolute Gasteiger partial charge is 0.276 e. The van der Waals surface area contributed by atoms with Gasteiger partial charge in [-0.3, -0.25) is 10.1 Å². The minimum atomic E-state index is -0.456. The van der Waals surface area contributed by atoms with Gasteiger partial charge in [0.15, 0.2) is 0 Å². The van der Waals surface area contributed by atoms with E-state index in [2.05, 4.69) is 27.6 Å². The van der Waals surface area contributed by atoms with Gasteiger partial charge in [0, 0.05) is 13.1 Å². The van der Waals surface area contributed by atoms with Crippen molar-refractivity contribution in [1.29, 1.82) is 0 Å². The highest BCUT2D eigenvalue weighted by atomic mass is 16.6. The third-order valence-electron chi connectivity index (χ3n) is 3.56. The normalized spacial score (nSPS) is 19.0. The van der Waals surface area contributed by atoms with Crippen molar-refractivity contribution in [3.8, 4) is 0 Å². The van der Waals surface area contributed by atoms with Gasteiger partial charge >= 0.3 is 0 Å². The number of nitrogens with zero attached hydrogens (tertiary/aromatic N) is 3. The molecule has 2 heterocycles. The average molecular weight is 280 g/mol. The van der Waals surface area contributed by atoms with Crippen LogP contribution in [0, 0.1) is 16.0 Å². The van der Waals surface area contributed by atoms with Crippen LogP contribution in [0.15, 0.2) is 12.1 Å². The molecule has 2 rings (SSSR count). The van der Waals surface area contributed by atoms with E-state index < -0.39 is 4.92 Å². The Labute approximate surface area is 117 Å². The van der Waals surface area contributed by atoms with Gasteiger partial charge in [-0.05, 0) is 25.4 Å². The van der Waals surface area contributed by atoms with Crippen LogP contribution in [0.5, 0.6) is 0 Å². The molecular formula is C12H20N6O2. The van der Waals surface area contributed by atoms with Gasteiger partial charge in [-0.1, -0.05) is 6.92 Å².